The Hall–Kier alpha value is -3.00. The van der Waals surface area contributed by atoms with E-state index in [9.17, 15) is 4.79 Å². The molecule has 0 saturated heterocycles. The van der Waals surface area contributed by atoms with Crippen LogP contribution in [0, 0.1) is 5.92 Å². The lowest BCUT2D eigenvalue weighted by atomic mass is 10.2. The van der Waals surface area contributed by atoms with Gasteiger partial charge in [0.2, 0.25) is 0 Å². The van der Waals surface area contributed by atoms with E-state index < -0.39 is 0 Å². The van der Waals surface area contributed by atoms with Gasteiger partial charge in [0.1, 0.15) is 12.4 Å². The number of ether oxygens (including phenoxy) is 1. The molecule has 2 aromatic heterocycles. The van der Waals surface area contributed by atoms with Crippen molar-refractivity contribution in [1.82, 2.24) is 19.3 Å². The number of benzene rings is 2. The molecule has 0 bridgehead atoms. The maximum atomic E-state index is 12.2. The normalized spacial score (nSPS) is 11.5. The van der Waals surface area contributed by atoms with Crippen LogP contribution in [0.2, 0.25) is 0 Å². The number of rotatable bonds is 10. The molecule has 0 aliphatic rings. The van der Waals surface area contributed by atoms with Crippen LogP contribution in [0.1, 0.15) is 32.2 Å². The Labute approximate surface area is 191 Å². The van der Waals surface area contributed by atoms with Gasteiger partial charge in [0, 0.05) is 18.8 Å². The highest BCUT2D eigenvalue weighted by Gasteiger charge is 2.15. The van der Waals surface area contributed by atoms with Gasteiger partial charge in [-0.3, -0.25) is 4.57 Å². The molecule has 7 nitrogen and oxygen atoms in total. The summed E-state index contributed by atoms with van der Waals surface area (Å²) in [6.07, 6.45) is 1.00. The highest BCUT2D eigenvalue weighted by Crippen LogP contribution is 2.21. The molecule has 0 fully saturated rings. The monoisotopic (exact) mass is 452 g/mol. The first-order valence-electron chi connectivity index (χ1n) is 10.9. The van der Waals surface area contributed by atoms with E-state index in [-0.39, 0.29) is 5.76 Å². The third kappa shape index (κ3) is 5.07. The number of aromatic nitrogens is 4. The van der Waals surface area contributed by atoms with E-state index in [0.29, 0.717) is 30.4 Å². The quantitative estimate of drug-likeness (QED) is 0.323. The third-order valence-corrected chi connectivity index (χ3v) is 6.11. The molecule has 4 aromatic rings. The van der Waals surface area contributed by atoms with E-state index in [1.54, 1.807) is 16.3 Å². The lowest BCUT2D eigenvalue weighted by Crippen LogP contribution is -2.16. The number of aryl methyl sites for hydroxylation is 2. The summed E-state index contributed by atoms with van der Waals surface area (Å²) in [7, 11) is 0. The van der Waals surface area contributed by atoms with Crippen LogP contribution in [-0.2, 0) is 26.1 Å². The molecule has 0 aliphatic carbocycles. The predicted octanol–water partition coefficient (Wildman–Crippen LogP) is 4.78. The van der Waals surface area contributed by atoms with Crippen LogP contribution in [-0.4, -0.2) is 25.1 Å². The van der Waals surface area contributed by atoms with Gasteiger partial charge in [-0.15, -0.1) is 10.2 Å². The summed E-state index contributed by atoms with van der Waals surface area (Å²) in [5.74, 6) is 2.40. The van der Waals surface area contributed by atoms with Gasteiger partial charge < -0.3 is 13.7 Å². The first-order chi connectivity index (χ1) is 15.5. The number of fused-ring (bicyclic) bond motifs is 1. The molecule has 0 saturated carbocycles. The Morgan fingerprint density at radius 2 is 1.84 bits per heavy atom. The van der Waals surface area contributed by atoms with E-state index in [1.807, 2.05) is 36.4 Å². The number of nitrogens with zero attached hydrogens (tertiary/aromatic N) is 4. The first-order valence-corrected chi connectivity index (χ1v) is 11.9. The lowest BCUT2D eigenvalue weighted by Gasteiger charge is -2.13. The van der Waals surface area contributed by atoms with E-state index in [1.165, 1.54) is 5.56 Å². The van der Waals surface area contributed by atoms with Gasteiger partial charge >= 0.3 is 5.76 Å². The Bertz CT molecular complexity index is 1220. The molecule has 4 rings (SSSR count). The number of thioether (sulfide) groups is 1. The van der Waals surface area contributed by atoms with Gasteiger partial charge in [0.15, 0.2) is 16.6 Å². The zero-order valence-corrected chi connectivity index (χ0v) is 19.5. The van der Waals surface area contributed by atoms with Crippen LogP contribution < -0.4 is 10.5 Å². The van der Waals surface area contributed by atoms with Crippen molar-refractivity contribution in [2.45, 2.75) is 52.0 Å². The van der Waals surface area contributed by atoms with Crippen molar-refractivity contribution in [3.63, 3.8) is 0 Å². The molecular weight excluding hydrogens is 424 g/mol. The van der Waals surface area contributed by atoms with Crippen molar-refractivity contribution in [3.8, 4) is 5.75 Å². The van der Waals surface area contributed by atoms with Crippen molar-refractivity contribution >= 4 is 22.9 Å². The first kappa shape index (κ1) is 22.2. The number of oxazole rings is 1. The van der Waals surface area contributed by atoms with E-state index in [2.05, 4.69) is 47.7 Å². The van der Waals surface area contributed by atoms with Crippen molar-refractivity contribution in [3.05, 3.63) is 70.5 Å². The van der Waals surface area contributed by atoms with Crippen LogP contribution >= 0.6 is 11.8 Å². The molecule has 0 spiro atoms. The highest BCUT2D eigenvalue weighted by atomic mass is 32.2. The number of hydrogen-bond donors (Lipinski definition) is 0. The Kier molecular flexibility index (Phi) is 6.99. The van der Waals surface area contributed by atoms with Crippen LogP contribution in [0.25, 0.3) is 11.1 Å². The largest absolute Gasteiger partial charge is 0.486 e. The zero-order chi connectivity index (χ0) is 22.5. The second kappa shape index (κ2) is 10.1. The summed E-state index contributed by atoms with van der Waals surface area (Å²) in [5.41, 5.74) is 2.70. The Morgan fingerprint density at radius 1 is 1.06 bits per heavy atom. The number of hydrogen-bond acceptors (Lipinski definition) is 6. The molecule has 0 amide bonds. The van der Waals surface area contributed by atoms with Gasteiger partial charge in [-0.25, -0.2) is 4.79 Å². The topological polar surface area (TPSA) is 75.1 Å². The van der Waals surface area contributed by atoms with Gasteiger partial charge in [0.25, 0.3) is 0 Å². The standard InChI is InChI=1S/C24H28N4O3S/c1-4-18-9-11-19(12-10-18)30-16-22-25-26-23(28(22)15-17(2)3)32-14-13-27-20-7-5-6-8-21(20)31-24(27)29/h5-12,17H,4,13-16H2,1-3H3. The maximum Gasteiger partial charge on any atom is 0.419 e. The fourth-order valence-electron chi connectivity index (χ4n) is 3.50. The van der Waals surface area contributed by atoms with E-state index in [4.69, 9.17) is 9.15 Å². The second-order valence-electron chi connectivity index (χ2n) is 8.03. The molecule has 32 heavy (non-hydrogen) atoms. The molecule has 168 valence electrons. The molecule has 0 N–H and O–H groups in total. The summed E-state index contributed by atoms with van der Waals surface area (Å²) >= 11 is 1.58. The second-order valence-corrected chi connectivity index (χ2v) is 9.09. The van der Waals surface area contributed by atoms with E-state index in [0.717, 1.165) is 35.2 Å². The molecule has 2 heterocycles. The van der Waals surface area contributed by atoms with Crippen molar-refractivity contribution in [2.24, 2.45) is 5.92 Å². The maximum absolute atomic E-state index is 12.2. The van der Waals surface area contributed by atoms with Crippen LogP contribution in [0.5, 0.6) is 5.75 Å². The van der Waals surface area contributed by atoms with Gasteiger partial charge in [-0.1, -0.05) is 56.8 Å². The molecule has 0 radical (unpaired) electrons. The molecular formula is C24H28N4O3S. The molecule has 2 aromatic carbocycles. The third-order valence-electron chi connectivity index (χ3n) is 5.16. The molecule has 0 aliphatic heterocycles. The minimum Gasteiger partial charge on any atom is -0.486 e. The average molecular weight is 453 g/mol. The van der Waals surface area contributed by atoms with Gasteiger partial charge in [-0.2, -0.15) is 0 Å². The summed E-state index contributed by atoms with van der Waals surface area (Å²) in [6.45, 7) is 8.16. The van der Waals surface area contributed by atoms with Crippen LogP contribution in [0.3, 0.4) is 0 Å². The van der Waals surface area contributed by atoms with E-state index >= 15 is 0 Å². The smallest absolute Gasteiger partial charge is 0.419 e. The Balaban J connectivity index is 1.44. The zero-order valence-electron chi connectivity index (χ0n) is 18.7. The predicted molar refractivity (Wildman–Crippen MR) is 126 cm³/mol. The summed E-state index contributed by atoms with van der Waals surface area (Å²) in [6, 6.07) is 15.6. The number of para-hydroxylation sites is 2. The van der Waals surface area contributed by atoms with Crippen molar-refractivity contribution in [1.29, 1.82) is 0 Å². The highest BCUT2D eigenvalue weighted by molar-refractivity contribution is 7.99. The molecule has 0 unspecified atom stereocenters. The summed E-state index contributed by atoms with van der Waals surface area (Å²) in [4.78, 5) is 12.2. The van der Waals surface area contributed by atoms with Crippen LogP contribution in [0.15, 0.2) is 62.9 Å². The summed E-state index contributed by atoms with van der Waals surface area (Å²) in [5, 5.41) is 9.61. The Morgan fingerprint density at radius 3 is 2.59 bits per heavy atom. The van der Waals surface area contributed by atoms with Gasteiger partial charge in [0.05, 0.1) is 5.52 Å². The van der Waals surface area contributed by atoms with Gasteiger partial charge in [-0.05, 0) is 42.2 Å². The minimum absolute atomic E-state index is 0.335. The average Bonchev–Trinajstić information content (AvgIpc) is 3.32. The lowest BCUT2D eigenvalue weighted by molar-refractivity contribution is 0.284. The fourth-order valence-corrected chi connectivity index (χ4v) is 4.39. The van der Waals surface area contributed by atoms with Crippen LogP contribution in [0.4, 0.5) is 0 Å². The van der Waals surface area contributed by atoms with Crippen molar-refractivity contribution < 1.29 is 9.15 Å². The molecule has 8 heteroatoms. The van der Waals surface area contributed by atoms with Crippen molar-refractivity contribution in [2.75, 3.05) is 5.75 Å². The minimum atomic E-state index is -0.335. The SMILES string of the molecule is CCc1ccc(OCc2nnc(SCCn3c(=O)oc4ccccc43)n2CC(C)C)cc1. The summed E-state index contributed by atoms with van der Waals surface area (Å²) < 4.78 is 15.1. The molecule has 0 atom stereocenters. The fraction of sp³-hybridized carbons (Fsp3) is 0.375.